The zero-order valence-electron chi connectivity index (χ0n) is 10.8. The van der Waals surface area contributed by atoms with Crippen molar-refractivity contribution >= 4 is 0 Å². The van der Waals surface area contributed by atoms with E-state index in [1.807, 2.05) is 50.2 Å². The van der Waals surface area contributed by atoms with E-state index in [4.69, 9.17) is 0 Å². The van der Waals surface area contributed by atoms with Crippen molar-refractivity contribution in [3.63, 3.8) is 0 Å². The van der Waals surface area contributed by atoms with Crippen LogP contribution in [0, 0.1) is 12.7 Å². The molecule has 18 heavy (non-hydrogen) atoms. The van der Waals surface area contributed by atoms with Crippen LogP contribution in [-0.4, -0.2) is 6.54 Å². The van der Waals surface area contributed by atoms with Crippen molar-refractivity contribution < 1.29 is 4.39 Å². The highest BCUT2D eigenvalue weighted by molar-refractivity contribution is 5.64. The molecule has 0 bridgehead atoms. The van der Waals surface area contributed by atoms with E-state index in [2.05, 4.69) is 5.32 Å². The molecule has 0 saturated heterocycles. The third-order valence-electron chi connectivity index (χ3n) is 3.00. The Kier molecular flexibility index (Phi) is 4.11. The zero-order valence-corrected chi connectivity index (χ0v) is 10.8. The van der Waals surface area contributed by atoms with Crippen molar-refractivity contribution in [2.24, 2.45) is 0 Å². The largest absolute Gasteiger partial charge is 0.313 e. The summed E-state index contributed by atoms with van der Waals surface area (Å²) in [4.78, 5) is 0. The second-order valence-corrected chi connectivity index (χ2v) is 4.45. The van der Waals surface area contributed by atoms with Gasteiger partial charge in [-0.05, 0) is 30.7 Å². The van der Waals surface area contributed by atoms with Gasteiger partial charge in [-0.15, -0.1) is 0 Å². The van der Waals surface area contributed by atoms with E-state index >= 15 is 0 Å². The van der Waals surface area contributed by atoms with Gasteiger partial charge in [-0.1, -0.05) is 48.9 Å². The molecule has 2 heteroatoms. The third kappa shape index (κ3) is 2.96. The smallest absolute Gasteiger partial charge is 0.128 e. The molecule has 1 N–H and O–H groups in total. The normalized spacial score (nSPS) is 10.6. The van der Waals surface area contributed by atoms with Crippen LogP contribution in [0.15, 0.2) is 42.5 Å². The molecule has 0 amide bonds. The molecule has 0 spiro atoms. The van der Waals surface area contributed by atoms with E-state index < -0.39 is 0 Å². The molecule has 0 aliphatic carbocycles. The minimum absolute atomic E-state index is 0.144. The zero-order chi connectivity index (χ0) is 13.0. The van der Waals surface area contributed by atoms with Gasteiger partial charge in [0.05, 0.1) is 0 Å². The van der Waals surface area contributed by atoms with E-state index in [0.717, 1.165) is 17.7 Å². The van der Waals surface area contributed by atoms with Crippen molar-refractivity contribution in [2.45, 2.75) is 20.4 Å². The van der Waals surface area contributed by atoms with Gasteiger partial charge in [-0.2, -0.15) is 0 Å². The van der Waals surface area contributed by atoms with E-state index in [-0.39, 0.29) is 5.82 Å². The Morgan fingerprint density at radius 2 is 1.67 bits per heavy atom. The van der Waals surface area contributed by atoms with Gasteiger partial charge in [0.15, 0.2) is 0 Å². The van der Waals surface area contributed by atoms with Gasteiger partial charge in [0, 0.05) is 12.1 Å². The van der Waals surface area contributed by atoms with E-state index in [0.29, 0.717) is 12.1 Å². The summed E-state index contributed by atoms with van der Waals surface area (Å²) in [6.07, 6.45) is 0. The highest BCUT2D eigenvalue weighted by Crippen LogP contribution is 2.22. The number of hydrogen-bond donors (Lipinski definition) is 1. The number of benzene rings is 2. The summed E-state index contributed by atoms with van der Waals surface area (Å²) in [6, 6.07) is 13.6. The Hall–Kier alpha value is -1.67. The van der Waals surface area contributed by atoms with Crippen LogP contribution in [0.2, 0.25) is 0 Å². The minimum Gasteiger partial charge on any atom is -0.313 e. The van der Waals surface area contributed by atoms with Crippen molar-refractivity contribution in [1.82, 2.24) is 5.32 Å². The van der Waals surface area contributed by atoms with Gasteiger partial charge in [-0.25, -0.2) is 4.39 Å². The molecular formula is C16H18FN. The van der Waals surface area contributed by atoms with Crippen LogP contribution >= 0.6 is 0 Å². The molecule has 0 fully saturated rings. The topological polar surface area (TPSA) is 12.0 Å². The molecule has 94 valence electrons. The van der Waals surface area contributed by atoms with Gasteiger partial charge in [0.2, 0.25) is 0 Å². The van der Waals surface area contributed by atoms with Crippen molar-refractivity contribution in [1.29, 1.82) is 0 Å². The fourth-order valence-electron chi connectivity index (χ4n) is 1.88. The second kappa shape index (κ2) is 5.78. The highest BCUT2D eigenvalue weighted by atomic mass is 19.1. The SMILES string of the molecule is CCNCc1ccc(-c2ccc(C)cc2)cc1F. The Morgan fingerprint density at radius 3 is 2.28 bits per heavy atom. The summed E-state index contributed by atoms with van der Waals surface area (Å²) in [5, 5.41) is 3.13. The average molecular weight is 243 g/mol. The Labute approximate surface area is 108 Å². The molecule has 0 saturated carbocycles. The fourth-order valence-corrected chi connectivity index (χ4v) is 1.88. The van der Waals surface area contributed by atoms with Crippen LogP contribution in [-0.2, 0) is 6.54 Å². The third-order valence-corrected chi connectivity index (χ3v) is 3.00. The lowest BCUT2D eigenvalue weighted by molar-refractivity contribution is 0.594. The predicted molar refractivity (Wildman–Crippen MR) is 74.0 cm³/mol. The lowest BCUT2D eigenvalue weighted by Crippen LogP contribution is -2.12. The van der Waals surface area contributed by atoms with Gasteiger partial charge in [-0.3, -0.25) is 0 Å². The van der Waals surface area contributed by atoms with Crippen LogP contribution in [0.3, 0.4) is 0 Å². The highest BCUT2D eigenvalue weighted by Gasteiger charge is 2.04. The summed E-state index contributed by atoms with van der Waals surface area (Å²) < 4.78 is 13.9. The molecule has 2 rings (SSSR count). The van der Waals surface area contributed by atoms with Crippen molar-refractivity contribution in [2.75, 3.05) is 6.54 Å². The maximum atomic E-state index is 13.9. The molecule has 0 aliphatic heterocycles. The predicted octanol–water partition coefficient (Wildman–Crippen LogP) is 3.91. The first-order chi connectivity index (χ1) is 8.70. The molecular weight excluding hydrogens is 225 g/mol. The fraction of sp³-hybridized carbons (Fsp3) is 0.250. The summed E-state index contributed by atoms with van der Waals surface area (Å²) >= 11 is 0. The summed E-state index contributed by atoms with van der Waals surface area (Å²) in [5.41, 5.74) is 3.90. The monoisotopic (exact) mass is 243 g/mol. The summed E-state index contributed by atoms with van der Waals surface area (Å²) in [5.74, 6) is -0.144. The first-order valence-corrected chi connectivity index (χ1v) is 6.27. The molecule has 0 aliphatic rings. The van der Waals surface area contributed by atoms with Gasteiger partial charge in [0.1, 0.15) is 5.82 Å². The Bertz CT molecular complexity index is 517. The van der Waals surface area contributed by atoms with Crippen LogP contribution in [0.4, 0.5) is 4.39 Å². The number of nitrogens with one attached hydrogen (secondary N) is 1. The van der Waals surface area contributed by atoms with Crippen LogP contribution < -0.4 is 5.32 Å². The summed E-state index contributed by atoms with van der Waals surface area (Å²) in [6.45, 7) is 5.48. The molecule has 0 unspecified atom stereocenters. The lowest BCUT2D eigenvalue weighted by Gasteiger charge is -2.07. The molecule has 0 atom stereocenters. The van der Waals surface area contributed by atoms with E-state index in [1.165, 1.54) is 5.56 Å². The molecule has 0 aromatic heterocycles. The molecule has 1 nitrogen and oxygen atoms in total. The molecule has 0 radical (unpaired) electrons. The van der Waals surface area contributed by atoms with Crippen LogP contribution in [0.5, 0.6) is 0 Å². The average Bonchev–Trinajstić information content (AvgIpc) is 2.38. The standard InChI is InChI=1S/C16H18FN/c1-3-18-11-15-9-8-14(10-16(15)17)13-6-4-12(2)5-7-13/h4-10,18H,3,11H2,1-2H3. The van der Waals surface area contributed by atoms with Gasteiger partial charge in [0.25, 0.3) is 0 Å². The Balaban J connectivity index is 2.25. The van der Waals surface area contributed by atoms with Gasteiger partial charge >= 0.3 is 0 Å². The summed E-state index contributed by atoms with van der Waals surface area (Å²) in [7, 11) is 0. The van der Waals surface area contributed by atoms with Crippen LogP contribution in [0.25, 0.3) is 11.1 Å². The van der Waals surface area contributed by atoms with Crippen LogP contribution in [0.1, 0.15) is 18.1 Å². The second-order valence-electron chi connectivity index (χ2n) is 4.45. The van der Waals surface area contributed by atoms with Crippen molar-refractivity contribution in [3.8, 4) is 11.1 Å². The number of halogens is 1. The quantitative estimate of drug-likeness (QED) is 0.858. The lowest BCUT2D eigenvalue weighted by atomic mass is 10.0. The number of rotatable bonds is 4. The molecule has 0 heterocycles. The van der Waals surface area contributed by atoms with Crippen molar-refractivity contribution in [3.05, 3.63) is 59.4 Å². The van der Waals surface area contributed by atoms with E-state index in [9.17, 15) is 4.39 Å². The minimum atomic E-state index is -0.144. The molecule has 2 aromatic rings. The number of hydrogen-bond acceptors (Lipinski definition) is 1. The maximum absolute atomic E-state index is 13.9. The first kappa shape index (κ1) is 12.8. The number of aryl methyl sites for hydroxylation is 1. The van der Waals surface area contributed by atoms with Gasteiger partial charge < -0.3 is 5.32 Å². The Morgan fingerprint density at radius 1 is 1.00 bits per heavy atom. The first-order valence-electron chi connectivity index (χ1n) is 6.27. The molecule has 2 aromatic carbocycles. The van der Waals surface area contributed by atoms with E-state index in [1.54, 1.807) is 6.07 Å². The maximum Gasteiger partial charge on any atom is 0.128 e.